The van der Waals surface area contributed by atoms with Gasteiger partial charge in [-0.2, -0.15) is 0 Å². The molecule has 2 aliphatic rings. The molecular formula is C54H33N3O. The Kier molecular flexibility index (Phi) is 6.47. The van der Waals surface area contributed by atoms with Crippen LogP contribution in [-0.2, 0) is 0 Å². The first-order valence-electron chi connectivity index (χ1n) is 19.9. The Morgan fingerprint density at radius 2 is 1.24 bits per heavy atom. The zero-order chi connectivity index (χ0) is 37.9. The summed E-state index contributed by atoms with van der Waals surface area (Å²) in [6.45, 7) is 0. The topological polar surface area (TPSA) is 42.5 Å². The minimum absolute atomic E-state index is 0.0359. The molecule has 0 radical (unpaired) electrons. The highest BCUT2D eigenvalue weighted by atomic mass is 16.3. The van der Waals surface area contributed by atoms with Crippen LogP contribution in [0.15, 0.2) is 203 Å². The number of furan rings is 1. The van der Waals surface area contributed by atoms with E-state index in [2.05, 4.69) is 192 Å². The van der Waals surface area contributed by atoms with Gasteiger partial charge in [0.15, 0.2) is 0 Å². The summed E-state index contributed by atoms with van der Waals surface area (Å²) in [7, 11) is 0. The van der Waals surface area contributed by atoms with Gasteiger partial charge in [0.2, 0.25) is 5.96 Å². The summed E-state index contributed by atoms with van der Waals surface area (Å²) >= 11 is 0. The van der Waals surface area contributed by atoms with Gasteiger partial charge in [-0.3, -0.25) is 4.57 Å². The highest BCUT2D eigenvalue weighted by Gasteiger charge is 2.29. The molecule has 0 amide bonds. The number of hydrogen-bond donors (Lipinski definition) is 1. The van der Waals surface area contributed by atoms with Crippen molar-refractivity contribution in [2.45, 2.75) is 6.04 Å². The summed E-state index contributed by atoms with van der Waals surface area (Å²) in [5, 5.41) is 18.2. The molecule has 0 saturated heterocycles. The monoisotopic (exact) mass is 739 g/mol. The van der Waals surface area contributed by atoms with Crippen LogP contribution in [0.25, 0.3) is 104 Å². The fourth-order valence-corrected chi connectivity index (χ4v) is 9.85. The molecule has 0 saturated carbocycles. The average Bonchev–Trinajstić information content (AvgIpc) is 3.85. The molecule has 13 rings (SSSR count). The first-order chi connectivity index (χ1) is 28.8. The molecule has 3 heterocycles. The maximum atomic E-state index is 6.65. The van der Waals surface area contributed by atoms with E-state index in [1.165, 1.54) is 53.9 Å². The van der Waals surface area contributed by atoms with Crippen molar-refractivity contribution in [2.24, 2.45) is 4.99 Å². The van der Waals surface area contributed by atoms with Gasteiger partial charge in [0.1, 0.15) is 11.2 Å². The number of aliphatic imine (C=N–C) groups is 1. The summed E-state index contributed by atoms with van der Waals surface area (Å²) in [5.74, 6) is 0.810. The molecule has 0 spiro atoms. The molecule has 1 atom stereocenters. The average molecular weight is 740 g/mol. The summed E-state index contributed by atoms with van der Waals surface area (Å²) in [4.78, 5) is 5.59. The van der Waals surface area contributed by atoms with Crippen molar-refractivity contribution in [3.63, 3.8) is 0 Å². The molecule has 1 aliphatic carbocycles. The van der Waals surface area contributed by atoms with Crippen molar-refractivity contribution in [2.75, 3.05) is 0 Å². The number of rotatable bonds is 2. The van der Waals surface area contributed by atoms with Gasteiger partial charge in [-0.15, -0.1) is 0 Å². The molecular weight excluding hydrogens is 707 g/mol. The van der Waals surface area contributed by atoms with E-state index >= 15 is 0 Å². The Balaban J connectivity index is 1.15. The predicted molar refractivity (Wildman–Crippen MR) is 244 cm³/mol. The van der Waals surface area contributed by atoms with Gasteiger partial charge >= 0.3 is 0 Å². The van der Waals surface area contributed by atoms with E-state index in [4.69, 9.17) is 9.41 Å². The molecule has 9 aromatic carbocycles. The lowest BCUT2D eigenvalue weighted by Crippen LogP contribution is -2.42. The normalized spacial score (nSPS) is 15.4. The van der Waals surface area contributed by atoms with Gasteiger partial charge < -0.3 is 9.73 Å². The van der Waals surface area contributed by atoms with Crippen molar-refractivity contribution in [3.05, 3.63) is 199 Å². The number of aromatic nitrogens is 1. The van der Waals surface area contributed by atoms with E-state index < -0.39 is 0 Å². The van der Waals surface area contributed by atoms with Crippen molar-refractivity contribution in [3.8, 4) is 11.1 Å². The first kappa shape index (κ1) is 31.5. The van der Waals surface area contributed by atoms with Crippen molar-refractivity contribution in [1.82, 2.24) is 9.88 Å². The molecule has 1 aliphatic heterocycles. The fraction of sp³-hybridized carbons (Fsp3) is 0.0185. The van der Waals surface area contributed by atoms with Crippen LogP contribution in [0.3, 0.4) is 0 Å². The van der Waals surface area contributed by atoms with Gasteiger partial charge in [-0.25, -0.2) is 4.99 Å². The van der Waals surface area contributed by atoms with Crippen LogP contribution in [0.5, 0.6) is 0 Å². The van der Waals surface area contributed by atoms with Crippen LogP contribution in [-0.4, -0.2) is 16.6 Å². The van der Waals surface area contributed by atoms with Crippen molar-refractivity contribution >= 4 is 98.5 Å². The Labute approximate surface area is 332 Å². The quantitative estimate of drug-likeness (QED) is 0.179. The molecule has 58 heavy (non-hydrogen) atoms. The summed E-state index contributed by atoms with van der Waals surface area (Å²) in [5.41, 5.74) is 9.57. The van der Waals surface area contributed by atoms with E-state index in [-0.39, 0.29) is 6.04 Å². The molecule has 4 heteroatoms. The molecule has 11 aromatic rings. The summed E-state index contributed by atoms with van der Waals surface area (Å²) in [6.07, 6.45) is 8.69. The Hall–Kier alpha value is -7.69. The smallest absolute Gasteiger partial charge is 0.209 e. The van der Waals surface area contributed by atoms with Gasteiger partial charge in [0.05, 0.1) is 22.8 Å². The Morgan fingerprint density at radius 1 is 0.517 bits per heavy atom. The lowest BCUT2D eigenvalue weighted by Gasteiger charge is -2.29. The molecule has 2 aromatic heterocycles. The number of allylic oxidation sites excluding steroid dienone is 2. The standard InChI is InChI=1S/C54H33N3O/c1-2-15-33-30-34(29-28-32(33)14-1)51-42-21-7-10-25-46(42)55-54(56-51)57-47-26-11-8-22-43(47)50-49-38-19-5-3-16-35(38)44(31-45(49)36-17-4-6-20-39(36)52(50)57)41-24-13-23-40-37-18-9-12-27-48(37)58-53(40)41/h1-31,46H,(H,55,56). The van der Waals surface area contributed by atoms with Gasteiger partial charge in [0, 0.05) is 49.0 Å². The zero-order valence-electron chi connectivity index (χ0n) is 31.3. The molecule has 1 N–H and O–H groups in total. The van der Waals surface area contributed by atoms with Crippen LogP contribution in [0.1, 0.15) is 5.56 Å². The maximum absolute atomic E-state index is 6.65. The SMILES string of the molecule is C1=CC2=C(c3ccc4ccccc4c3)N=C(n3c4ccccc4c4c5c6ccccc6c(-c6cccc7c6oc6ccccc67)cc5c5ccccc5c43)NC2C=C1. The lowest BCUT2D eigenvalue weighted by molar-refractivity contribution is 0.670. The third-order valence-electron chi connectivity index (χ3n) is 12.4. The minimum atomic E-state index is -0.0359. The van der Waals surface area contributed by atoms with Gasteiger partial charge in [-0.05, 0) is 62.1 Å². The third-order valence-corrected chi connectivity index (χ3v) is 12.4. The highest BCUT2D eigenvalue weighted by molar-refractivity contribution is 6.39. The van der Waals surface area contributed by atoms with Gasteiger partial charge in [0.25, 0.3) is 0 Å². The highest BCUT2D eigenvalue weighted by Crippen LogP contribution is 2.48. The van der Waals surface area contributed by atoms with Crippen molar-refractivity contribution < 1.29 is 4.42 Å². The number of para-hydroxylation sites is 3. The molecule has 0 bridgehead atoms. The molecule has 1 unspecified atom stereocenters. The van der Waals surface area contributed by atoms with E-state index in [1.54, 1.807) is 0 Å². The van der Waals surface area contributed by atoms with E-state index in [0.29, 0.717) is 0 Å². The van der Waals surface area contributed by atoms with Crippen LogP contribution >= 0.6 is 0 Å². The summed E-state index contributed by atoms with van der Waals surface area (Å²) < 4.78 is 9.03. The fourth-order valence-electron chi connectivity index (χ4n) is 9.85. The largest absolute Gasteiger partial charge is 0.455 e. The molecule has 270 valence electrons. The lowest BCUT2D eigenvalue weighted by atomic mass is 9.88. The Morgan fingerprint density at radius 3 is 2.14 bits per heavy atom. The molecule has 4 nitrogen and oxygen atoms in total. The van der Waals surface area contributed by atoms with Crippen LogP contribution in [0, 0.1) is 0 Å². The number of nitrogens with one attached hydrogen (secondary N) is 1. The molecule has 0 fully saturated rings. The number of nitrogens with zero attached hydrogens (tertiary/aromatic N) is 2. The number of fused-ring (bicyclic) bond motifs is 15. The number of hydrogen-bond acceptors (Lipinski definition) is 3. The first-order valence-corrected chi connectivity index (χ1v) is 19.9. The predicted octanol–water partition coefficient (Wildman–Crippen LogP) is 13.7. The second kappa shape index (κ2) is 11.9. The minimum Gasteiger partial charge on any atom is -0.455 e. The van der Waals surface area contributed by atoms with Crippen LogP contribution < -0.4 is 5.32 Å². The van der Waals surface area contributed by atoms with Crippen LogP contribution in [0.2, 0.25) is 0 Å². The summed E-state index contributed by atoms with van der Waals surface area (Å²) in [6, 6.07) is 59.1. The third kappa shape index (κ3) is 4.37. The number of benzene rings is 9. The zero-order valence-corrected chi connectivity index (χ0v) is 31.3. The van der Waals surface area contributed by atoms with Crippen molar-refractivity contribution in [1.29, 1.82) is 0 Å². The van der Waals surface area contributed by atoms with E-state index in [0.717, 1.165) is 66.9 Å². The second-order valence-electron chi connectivity index (χ2n) is 15.5. The maximum Gasteiger partial charge on any atom is 0.209 e. The second-order valence-corrected chi connectivity index (χ2v) is 15.5. The van der Waals surface area contributed by atoms with E-state index in [9.17, 15) is 0 Å². The van der Waals surface area contributed by atoms with Gasteiger partial charge in [-0.1, -0.05) is 164 Å². The van der Waals surface area contributed by atoms with E-state index in [1.807, 2.05) is 6.07 Å². The van der Waals surface area contributed by atoms with Crippen LogP contribution in [0.4, 0.5) is 0 Å². The Bertz CT molecular complexity index is 3720.